The summed E-state index contributed by atoms with van der Waals surface area (Å²) in [4.78, 5) is 14.3. The Morgan fingerprint density at radius 1 is 1.34 bits per heavy atom. The summed E-state index contributed by atoms with van der Waals surface area (Å²) in [5, 5.41) is 47.0. The fourth-order valence-electron chi connectivity index (χ4n) is 3.39. The molecule has 0 saturated carbocycles. The maximum Gasteiger partial charge on any atom is 0.238 e. The van der Waals surface area contributed by atoms with Gasteiger partial charge in [-0.3, -0.25) is 14.4 Å². The zero-order valence-corrected chi connectivity index (χ0v) is 17.2. The zero-order valence-electron chi connectivity index (χ0n) is 17.2. The van der Waals surface area contributed by atoms with E-state index in [-0.39, 0.29) is 19.0 Å². The van der Waals surface area contributed by atoms with Crippen LogP contribution < -0.4 is 5.32 Å². The van der Waals surface area contributed by atoms with Gasteiger partial charge in [-0.15, -0.1) is 0 Å². The number of nitrogens with one attached hydrogen (secondary N) is 1. The van der Waals surface area contributed by atoms with Gasteiger partial charge in [0, 0.05) is 20.2 Å². The number of aliphatic hydroxyl groups is 4. The number of nitrogens with zero attached hydrogens (tertiary/aromatic N) is 3. The second-order valence-corrected chi connectivity index (χ2v) is 7.61. The number of rotatable bonds is 5. The van der Waals surface area contributed by atoms with Crippen molar-refractivity contribution in [2.24, 2.45) is 7.05 Å². The number of carbonyl (C=O) groups is 1. The molecule has 10 nitrogen and oxygen atoms in total. The molecule has 5 N–H and O–H groups in total. The molecule has 1 aliphatic heterocycles. The number of β-amino-alcohol motifs (C(OH)–C–C–N with tert-alkyl or cyclic N) is 1. The molecule has 0 radical (unpaired) electrons. The van der Waals surface area contributed by atoms with Crippen molar-refractivity contribution in [1.82, 2.24) is 14.7 Å². The highest BCUT2D eigenvalue weighted by Crippen LogP contribution is 2.15. The molecule has 166 valence electrons. The summed E-state index contributed by atoms with van der Waals surface area (Å²) in [5.74, 6) is -0.238. The predicted molar refractivity (Wildman–Crippen MR) is 106 cm³/mol. The smallest absolute Gasteiger partial charge is 0.238 e. The maximum absolute atomic E-state index is 12.5. The molecule has 1 aromatic heterocycles. The quantitative estimate of drug-likeness (QED) is 0.413. The zero-order chi connectivity index (χ0) is 21.4. The van der Waals surface area contributed by atoms with Gasteiger partial charge >= 0.3 is 0 Å². The number of ether oxygens (including phenoxy) is 1. The highest BCUT2D eigenvalue weighted by Gasteiger charge is 2.34. The summed E-state index contributed by atoms with van der Waals surface area (Å²) in [6.07, 6.45) is 0.0146. The average Bonchev–Trinajstić information content (AvgIpc) is 3.00. The van der Waals surface area contributed by atoms with Crippen LogP contribution in [0, 0.1) is 6.92 Å². The van der Waals surface area contributed by atoms with Gasteiger partial charge in [0.15, 0.2) is 0 Å². The first kappa shape index (κ1) is 23.7. The summed E-state index contributed by atoms with van der Waals surface area (Å²) in [6.45, 7) is 2.29. The third-order valence-corrected chi connectivity index (χ3v) is 5.30. The number of aryl methyl sites for hydroxylation is 1. The lowest BCUT2D eigenvalue weighted by molar-refractivity contribution is -0.147. The summed E-state index contributed by atoms with van der Waals surface area (Å²) in [6, 6.07) is 0. The Morgan fingerprint density at radius 2 is 2.07 bits per heavy atom. The Balaban J connectivity index is 2.03. The fraction of sp³-hybridized carbons (Fsp3) is 0.789. The van der Waals surface area contributed by atoms with Crippen LogP contribution in [0.2, 0.25) is 0 Å². The molecule has 10 heteroatoms. The molecular formula is C19H34N4O6. The standard InChI is InChI=1S/C19H34N4O6/c1-13-14(9-20-22(13)2)21-17(27)11-23-7-5-3-4-6-8-29-19(16(26)12-24)18(28)15(25)10-23/h9,15-16,18-19,24-26,28H,3-8,10-12H2,1-2H3,(H,21,27)/t15-,16-,18-,19-/m1/s1. The molecule has 0 aromatic carbocycles. The molecule has 2 heterocycles. The highest BCUT2D eigenvalue weighted by atomic mass is 16.5. The van der Waals surface area contributed by atoms with Crippen molar-refractivity contribution in [2.45, 2.75) is 57.0 Å². The molecule has 1 aliphatic rings. The summed E-state index contributed by atoms with van der Waals surface area (Å²) >= 11 is 0. The van der Waals surface area contributed by atoms with E-state index in [1.54, 1.807) is 22.8 Å². The Morgan fingerprint density at radius 3 is 2.72 bits per heavy atom. The van der Waals surface area contributed by atoms with Crippen molar-refractivity contribution in [2.75, 3.05) is 38.2 Å². The number of amides is 1. The summed E-state index contributed by atoms with van der Waals surface area (Å²) in [5.41, 5.74) is 1.47. The minimum absolute atomic E-state index is 0.0403. The van der Waals surface area contributed by atoms with Crippen LogP contribution in [0.4, 0.5) is 5.69 Å². The van der Waals surface area contributed by atoms with Crippen molar-refractivity contribution in [1.29, 1.82) is 0 Å². The molecule has 29 heavy (non-hydrogen) atoms. The molecule has 1 aromatic rings. The highest BCUT2D eigenvalue weighted by molar-refractivity contribution is 5.92. The number of hydrogen-bond acceptors (Lipinski definition) is 8. The number of anilines is 1. The second kappa shape index (κ2) is 11.6. The van der Waals surface area contributed by atoms with Gasteiger partial charge in [-0.25, -0.2) is 0 Å². The maximum atomic E-state index is 12.5. The van der Waals surface area contributed by atoms with E-state index in [0.29, 0.717) is 18.8 Å². The van der Waals surface area contributed by atoms with E-state index in [9.17, 15) is 25.2 Å². The second-order valence-electron chi connectivity index (χ2n) is 7.61. The molecule has 0 spiro atoms. The van der Waals surface area contributed by atoms with Crippen molar-refractivity contribution in [3.8, 4) is 0 Å². The normalized spacial score (nSPS) is 26.3. The Bertz CT molecular complexity index is 640. The number of hydrogen-bond donors (Lipinski definition) is 5. The molecule has 1 fully saturated rings. The van der Waals surface area contributed by atoms with Crippen LogP contribution in [0.5, 0.6) is 0 Å². The molecular weight excluding hydrogens is 380 g/mol. The van der Waals surface area contributed by atoms with Gasteiger partial charge in [0.25, 0.3) is 0 Å². The Hall–Kier alpha value is -1.56. The van der Waals surface area contributed by atoms with Crippen molar-refractivity contribution < 1.29 is 30.0 Å². The molecule has 1 saturated heterocycles. The summed E-state index contributed by atoms with van der Waals surface area (Å²) in [7, 11) is 1.79. The van der Waals surface area contributed by atoms with E-state index in [2.05, 4.69) is 10.4 Å². The number of aromatic nitrogens is 2. The first-order valence-corrected chi connectivity index (χ1v) is 10.1. The Kier molecular flexibility index (Phi) is 9.47. The monoisotopic (exact) mass is 414 g/mol. The van der Waals surface area contributed by atoms with Crippen LogP contribution in [-0.4, -0.2) is 98.3 Å². The lowest BCUT2D eigenvalue weighted by Gasteiger charge is -2.33. The van der Waals surface area contributed by atoms with Gasteiger partial charge in [-0.2, -0.15) is 5.10 Å². The molecule has 0 unspecified atom stereocenters. The van der Waals surface area contributed by atoms with Crippen LogP contribution in [-0.2, 0) is 16.6 Å². The minimum atomic E-state index is -1.39. The molecule has 0 aliphatic carbocycles. The Labute approximate surface area is 171 Å². The first-order valence-electron chi connectivity index (χ1n) is 10.1. The van der Waals surface area contributed by atoms with E-state index in [0.717, 1.165) is 31.4 Å². The average molecular weight is 415 g/mol. The third-order valence-electron chi connectivity index (χ3n) is 5.30. The lowest BCUT2D eigenvalue weighted by atomic mass is 10.0. The SMILES string of the molecule is Cc1c(NC(=O)CN2CCCCCCO[C@H]([C@H](O)CO)[C@H](O)[C@H](O)C2)cnn1C. The minimum Gasteiger partial charge on any atom is -0.394 e. The van der Waals surface area contributed by atoms with Gasteiger partial charge in [-0.1, -0.05) is 12.8 Å². The fourth-order valence-corrected chi connectivity index (χ4v) is 3.39. The van der Waals surface area contributed by atoms with Crippen LogP contribution >= 0.6 is 0 Å². The van der Waals surface area contributed by atoms with Crippen LogP contribution in [0.3, 0.4) is 0 Å². The van der Waals surface area contributed by atoms with Crippen LogP contribution in [0.1, 0.15) is 31.4 Å². The van der Waals surface area contributed by atoms with E-state index < -0.39 is 31.0 Å². The van der Waals surface area contributed by atoms with Gasteiger partial charge in [0.2, 0.25) is 5.91 Å². The van der Waals surface area contributed by atoms with Crippen LogP contribution in [0.25, 0.3) is 0 Å². The van der Waals surface area contributed by atoms with Gasteiger partial charge in [0.1, 0.15) is 18.3 Å². The third kappa shape index (κ3) is 7.02. The van der Waals surface area contributed by atoms with Gasteiger partial charge < -0.3 is 30.5 Å². The largest absolute Gasteiger partial charge is 0.394 e. The van der Waals surface area contributed by atoms with Crippen LogP contribution in [0.15, 0.2) is 6.20 Å². The predicted octanol–water partition coefficient (Wildman–Crippen LogP) is -0.997. The van der Waals surface area contributed by atoms with E-state index in [1.807, 2.05) is 6.92 Å². The van der Waals surface area contributed by atoms with E-state index in [1.165, 1.54) is 0 Å². The number of aliphatic hydroxyl groups excluding tert-OH is 4. The van der Waals surface area contributed by atoms with E-state index in [4.69, 9.17) is 4.74 Å². The molecule has 1 amide bonds. The number of carbonyl (C=O) groups excluding carboxylic acids is 1. The first-order chi connectivity index (χ1) is 13.8. The van der Waals surface area contributed by atoms with Crippen molar-refractivity contribution in [3.63, 3.8) is 0 Å². The van der Waals surface area contributed by atoms with E-state index >= 15 is 0 Å². The molecule has 0 bridgehead atoms. The molecule has 4 atom stereocenters. The van der Waals surface area contributed by atoms with Gasteiger partial charge in [0.05, 0.1) is 36.8 Å². The lowest BCUT2D eigenvalue weighted by Crippen LogP contribution is -2.52. The molecule has 2 rings (SSSR count). The van der Waals surface area contributed by atoms with Crippen molar-refractivity contribution in [3.05, 3.63) is 11.9 Å². The summed E-state index contributed by atoms with van der Waals surface area (Å²) < 4.78 is 7.20. The van der Waals surface area contributed by atoms with Crippen molar-refractivity contribution >= 4 is 11.6 Å². The topological polar surface area (TPSA) is 140 Å². The van der Waals surface area contributed by atoms with Gasteiger partial charge in [-0.05, 0) is 26.3 Å².